The van der Waals surface area contributed by atoms with Crippen molar-refractivity contribution in [3.8, 4) is 0 Å². The summed E-state index contributed by atoms with van der Waals surface area (Å²) in [7, 11) is 0. The molecule has 0 bridgehead atoms. The monoisotopic (exact) mass is 239 g/mol. The molecule has 94 valence electrons. The Bertz CT molecular complexity index is 408. The van der Waals surface area contributed by atoms with E-state index in [1.807, 2.05) is 4.57 Å². The number of aliphatic hydroxyl groups is 2. The Labute approximate surface area is 99.0 Å². The number of nitrogen functional groups attached to an aromatic ring is 1. The van der Waals surface area contributed by atoms with Crippen molar-refractivity contribution in [1.29, 1.82) is 0 Å². The largest absolute Gasteiger partial charge is 0.397 e. The molecule has 6 nitrogen and oxygen atoms in total. The molecule has 1 saturated carbocycles. The SMILES string of the molecule is Nc1cc(C(=O)NC(CO)CO)n(C2CC2)c1. The molecule has 0 aromatic carbocycles. The van der Waals surface area contributed by atoms with Crippen molar-refractivity contribution in [2.24, 2.45) is 0 Å². The average Bonchev–Trinajstić information content (AvgIpc) is 3.09. The lowest BCUT2D eigenvalue weighted by atomic mass is 10.3. The predicted molar refractivity (Wildman–Crippen MR) is 62.5 cm³/mol. The lowest BCUT2D eigenvalue weighted by Crippen LogP contribution is -2.40. The maximum Gasteiger partial charge on any atom is 0.268 e. The van der Waals surface area contributed by atoms with E-state index in [0.717, 1.165) is 12.8 Å². The van der Waals surface area contributed by atoms with Gasteiger partial charge in [-0.05, 0) is 18.9 Å². The van der Waals surface area contributed by atoms with Crippen LogP contribution in [0.15, 0.2) is 12.3 Å². The molecule has 6 heteroatoms. The molecule has 17 heavy (non-hydrogen) atoms. The van der Waals surface area contributed by atoms with E-state index in [0.29, 0.717) is 17.4 Å². The number of aliphatic hydroxyl groups excluding tert-OH is 2. The van der Waals surface area contributed by atoms with E-state index in [1.165, 1.54) is 0 Å². The molecule has 0 unspecified atom stereocenters. The van der Waals surface area contributed by atoms with E-state index in [9.17, 15) is 4.79 Å². The normalized spacial score (nSPS) is 15.2. The number of carbonyl (C=O) groups is 1. The van der Waals surface area contributed by atoms with Crippen molar-refractivity contribution in [1.82, 2.24) is 9.88 Å². The molecule has 1 aliphatic rings. The summed E-state index contributed by atoms with van der Waals surface area (Å²) in [6.45, 7) is -0.580. The van der Waals surface area contributed by atoms with Crippen LogP contribution in [0.1, 0.15) is 29.4 Å². The van der Waals surface area contributed by atoms with Crippen molar-refractivity contribution in [3.63, 3.8) is 0 Å². The van der Waals surface area contributed by atoms with Crippen LogP contribution < -0.4 is 11.1 Å². The number of anilines is 1. The van der Waals surface area contributed by atoms with Crippen LogP contribution in [0.5, 0.6) is 0 Å². The molecule has 1 heterocycles. The van der Waals surface area contributed by atoms with Gasteiger partial charge in [0.25, 0.3) is 5.91 Å². The van der Waals surface area contributed by atoms with Crippen LogP contribution in [0.3, 0.4) is 0 Å². The highest BCUT2D eigenvalue weighted by atomic mass is 16.3. The molecule has 5 N–H and O–H groups in total. The van der Waals surface area contributed by atoms with Gasteiger partial charge in [0.2, 0.25) is 0 Å². The third kappa shape index (κ3) is 2.59. The minimum Gasteiger partial charge on any atom is -0.397 e. The fourth-order valence-corrected chi connectivity index (χ4v) is 1.75. The van der Waals surface area contributed by atoms with Crippen molar-refractivity contribution in [2.75, 3.05) is 18.9 Å². The first-order valence-electron chi connectivity index (χ1n) is 5.65. The molecular formula is C11H17N3O3. The van der Waals surface area contributed by atoms with Crippen LogP contribution in [0.25, 0.3) is 0 Å². The van der Waals surface area contributed by atoms with Gasteiger partial charge in [-0.15, -0.1) is 0 Å². The van der Waals surface area contributed by atoms with Gasteiger partial charge in [0.05, 0.1) is 24.9 Å². The Hall–Kier alpha value is -1.53. The highest BCUT2D eigenvalue weighted by Crippen LogP contribution is 2.37. The van der Waals surface area contributed by atoms with Crippen LogP contribution in [0.2, 0.25) is 0 Å². The second-order valence-corrected chi connectivity index (χ2v) is 4.33. The number of nitrogens with zero attached hydrogens (tertiary/aromatic N) is 1. The number of nitrogens with one attached hydrogen (secondary N) is 1. The first kappa shape index (κ1) is 11.9. The molecule has 0 saturated heterocycles. The average molecular weight is 239 g/mol. The molecule has 0 radical (unpaired) electrons. The number of carbonyl (C=O) groups excluding carboxylic acids is 1. The van der Waals surface area contributed by atoms with E-state index in [1.54, 1.807) is 12.3 Å². The summed E-state index contributed by atoms with van der Waals surface area (Å²) in [5.74, 6) is -0.318. The topological polar surface area (TPSA) is 101 Å². The fourth-order valence-electron chi connectivity index (χ4n) is 1.75. The first-order chi connectivity index (χ1) is 8.15. The molecule has 1 fully saturated rings. The maximum atomic E-state index is 11.9. The zero-order valence-electron chi connectivity index (χ0n) is 9.47. The van der Waals surface area contributed by atoms with E-state index < -0.39 is 6.04 Å². The quantitative estimate of drug-likeness (QED) is 0.556. The molecule has 1 amide bonds. The van der Waals surface area contributed by atoms with Crippen molar-refractivity contribution in [2.45, 2.75) is 24.9 Å². The Morgan fingerprint density at radius 1 is 1.53 bits per heavy atom. The summed E-state index contributed by atoms with van der Waals surface area (Å²) in [4.78, 5) is 11.9. The molecule has 0 spiro atoms. The van der Waals surface area contributed by atoms with Gasteiger partial charge < -0.3 is 25.8 Å². The van der Waals surface area contributed by atoms with Gasteiger partial charge in [0.1, 0.15) is 5.69 Å². The highest BCUT2D eigenvalue weighted by Gasteiger charge is 2.28. The van der Waals surface area contributed by atoms with Crippen molar-refractivity contribution < 1.29 is 15.0 Å². The summed E-state index contributed by atoms with van der Waals surface area (Å²) in [5.41, 5.74) is 6.71. The van der Waals surface area contributed by atoms with Gasteiger partial charge in [-0.25, -0.2) is 0 Å². The number of aromatic nitrogens is 1. The number of amides is 1. The van der Waals surface area contributed by atoms with Crippen molar-refractivity contribution in [3.05, 3.63) is 18.0 Å². The summed E-state index contributed by atoms with van der Waals surface area (Å²) in [6, 6.07) is 1.33. The zero-order valence-corrected chi connectivity index (χ0v) is 9.47. The number of hydrogen-bond acceptors (Lipinski definition) is 4. The number of nitrogens with two attached hydrogens (primary N) is 1. The fraction of sp³-hybridized carbons (Fsp3) is 0.545. The summed E-state index contributed by atoms with van der Waals surface area (Å²) < 4.78 is 1.86. The van der Waals surface area contributed by atoms with Gasteiger partial charge in [0.15, 0.2) is 0 Å². The molecule has 2 rings (SSSR count). The third-order valence-corrected chi connectivity index (χ3v) is 2.82. The minimum atomic E-state index is -0.633. The summed E-state index contributed by atoms with van der Waals surface area (Å²) in [6.07, 6.45) is 3.86. The number of rotatable bonds is 5. The molecular weight excluding hydrogens is 222 g/mol. The zero-order chi connectivity index (χ0) is 12.4. The van der Waals surface area contributed by atoms with Crippen LogP contribution in [-0.2, 0) is 0 Å². The summed E-state index contributed by atoms with van der Waals surface area (Å²) >= 11 is 0. The Morgan fingerprint density at radius 2 is 2.18 bits per heavy atom. The first-order valence-corrected chi connectivity index (χ1v) is 5.65. The smallest absolute Gasteiger partial charge is 0.268 e. The van der Waals surface area contributed by atoms with Gasteiger partial charge in [0, 0.05) is 12.2 Å². The lowest BCUT2D eigenvalue weighted by Gasteiger charge is -2.14. The van der Waals surface area contributed by atoms with Gasteiger partial charge in [-0.2, -0.15) is 0 Å². The Kier molecular flexibility index (Phi) is 3.35. The molecule has 1 aromatic heterocycles. The maximum absolute atomic E-state index is 11.9. The van der Waals surface area contributed by atoms with Crippen LogP contribution in [0, 0.1) is 0 Å². The van der Waals surface area contributed by atoms with E-state index in [2.05, 4.69) is 5.32 Å². The van der Waals surface area contributed by atoms with E-state index in [-0.39, 0.29) is 19.1 Å². The predicted octanol–water partition coefficient (Wildman–Crippen LogP) is -0.512. The molecule has 0 aliphatic heterocycles. The molecule has 0 atom stereocenters. The molecule has 1 aliphatic carbocycles. The molecule has 1 aromatic rings. The highest BCUT2D eigenvalue weighted by molar-refractivity contribution is 5.94. The summed E-state index contributed by atoms with van der Waals surface area (Å²) in [5, 5.41) is 20.4. The Balaban J connectivity index is 2.12. The van der Waals surface area contributed by atoms with Crippen LogP contribution in [0.4, 0.5) is 5.69 Å². The van der Waals surface area contributed by atoms with Crippen molar-refractivity contribution >= 4 is 11.6 Å². The minimum absolute atomic E-state index is 0.290. The second-order valence-electron chi connectivity index (χ2n) is 4.33. The lowest BCUT2D eigenvalue weighted by molar-refractivity contribution is 0.0870. The van der Waals surface area contributed by atoms with Crippen LogP contribution in [-0.4, -0.2) is 39.9 Å². The second kappa shape index (κ2) is 4.77. The van der Waals surface area contributed by atoms with Gasteiger partial charge >= 0.3 is 0 Å². The number of hydrogen-bond donors (Lipinski definition) is 4. The van der Waals surface area contributed by atoms with Gasteiger partial charge in [-0.3, -0.25) is 4.79 Å². The van der Waals surface area contributed by atoms with Crippen LogP contribution >= 0.6 is 0 Å². The van der Waals surface area contributed by atoms with Gasteiger partial charge in [-0.1, -0.05) is 0 Å². The standard InChI is InChI=1S/C11H17N3O3/c12-7-3-10(14(4-7)9-1-2-9)11(17)13-8(5-15)6-16/h3-4,8-9,15-16H,1-2,5-6,12H2,(H,13,17). The van der Waals surface area contributed by atoms with E-state index >= 15 is 0 Å². The Morgan fingerprint density at radius 3 is 2.71 bits per heavy atom. The van der Waals surface area contributed by atoms with E-state index in [4.69, 9.17) is 15.9 Å². The third-order valence-electron chi connectivity index (χ3n) is 2.82.